The van der Waals surface area contributed by atoms with Gasteiger partial charge >= 0.3 is 0 Å². The fourth-order valence-electron chi connectivity index (χ4n) is 1.69. The van der Waals surface area contributed by atoms with Crippen LogP contribution in [0.3, 0.4) is 0 Å². The van der Waals surface area contributed by atoms with E-state index in [4.69, 9.17) is 5.11 Å². The van der Waals surface area contributed by atoms with Crippen molar-refractivity contribution >= 4 is 12.0 Å². The summed E-state index contributed by atoms with van der Waals surface area (Å²) in [5.74, 6) is 0.338. The van der Waals surface area contributed by atoms with Gasteiger partial charge in [0.1, 0.15) is 0 Å². The van der Waals surface area contributed by atoms with E-state index in [0.29, 0.717) is 5.92 Å². The largest absolute Gasteiger partial charge is 0.394 e. The number of nitrogens with one attached hydrogen (secondary N) is 1. The normalized spacial score (nSPS) is 12.9. The molecule has 0 aliphatic carbocycles. The molecule has 0 fully saturated rings. The van der Waals surface area contributed by atoms with Crippen molar-refractivity contribution in [3.63, 3.8) is 0 Å². The Bertz CT molecular complexity index is 417. The summed E-state index contributed by atoms with van der Waals surface area (Å²) in [6.07, 6.45) is 4.01. The minimum atomic E-state index is -0.172. The number of benzene rings is 1. The second-order valence-electron chi connectivity index (χ2n) is 4.95. The van der Waals surface area contributed by atoms with E-state index in [1.165, 1.54) is 11.6 Å². The number of carbonyl (C=O) groups is 1. The number of aliphatic hydroxyl groups excluding tert-OH is 1. The molecule has 104 valence electrons. The molecule has 0 bridgehead atoms. The Morgan fingerprint density at radius 3 is 2.42 bits per heavy atom. The second kappa shape index (κ2) is 7.74. The molecule has 1 rings (SSSR count). The number of hydrogen-bond acceptors (Lipinski definition) is 2. The van der Waals surface area contributed by atoms with Gasteiger partial charge in [0, 0.05) is 6.08 Å². The highest BCUT2D eigenvalue weighted by molar-refractivity contribution is 5.91. The number of carbonyl (C=O) groups excluding carboxylic acids is 1. The molecule has 3 nitrogen and oxygen atoms in total. The minimum absolute atomic E-state index is 0.0286. The fraction of sp³-hybridized carbons (Fsp3) is 0.438. The Balaban J connectivity index is 2.58. The zero-order valence-electron chi connectivity index (χ0n) is 11.9. The van der Waals surface area contributed by atoms with Crippen LogP contribution in [0.5, 0.6) is 0 Å². The lowest BCUT2D eigenvalue weighted by Crippen LogP contribution is -2.35. The van der Waals surface area contributed by atoms with Crippen LogP contribution in [-0.2, 0) is 4.79 Å². The molecule has 2 N–H and O–H groups in total. The molecule has 0 aliphatic rings. The maximum atomic E-state index is 11.6. The standard InChI is InChI=1S/C16H23NO2/c1-4-15(11-18)17-16(19)10-7-13-5-8-14(9-6-13)12(2)3/h5-10,12,15,18H,4,11H2,1-3H3,(H,17,19)/b10-7+. The van der Waals surface area contributed by atoms with Gasteiger partial charge in [-0.05, 0) is 29.5 Å². The molecule has 1 unspecified atom stereocenters. The average molecular weight is 261 g/mol. The smallest absolute Gasteiger partial charge is 0.244 e. The molecule has 0 heterocycles. The second-order valence-corrected chi connectivity index (χ2v) is 4.95. The van der Waals surface area contributed by atoms with Gasteiger partial charge in [0.15, 0.2) is 0 Å². The van der Waals surface area contributed by atoms with Crippen LogP contribution in [0.4, 0.5) is 0 Å². The van der Waals surface area contributed by atoms with Crippen LogP contribution in [-0.4, -0.2) is 23.7 Å². The van der Waals surface area contributed by atoms with Gasteiger partial charge < -0.3 is 10.4 Å². The van der Waals surface area contributed by atoms with Gasteiger partial charge in [-0.1, -0.05) is 45.0 Å². The highest BCUT2D eigenvalue weighted by Gasteiger charge is 2.05. The van der Waals surface area contributed by atoms with E-state index in [1.54, 1.807) is 6.08 Å². The van der Waals surface area contributed by atoms with Crippen LogP contribution in [0.1, 0.15) is 44.2 Å². The predicted octanol–water partition coefficient (Wildman–Crippen LogP) is 2.71. The van der Waals surface area contributed by atoms with Crippen molar-refractivity contribution in [2.75, 3.05) is 6.61 Å². The van der Waals surface area contributed by atoms with E-state index in [1.807, 2.05) is 19.1 Å². The molecule has 0 spiro atoms. The Morgan fingerprint density at radius 2 is 1.95 bits per heavy atom. The summed E-state index contributed by atoms with van der Waals surface area (Å²) >= 11 is 0. The Kier molecular flexibility index (Phi) is 6.30. The maximum absolute atomic E-state index is 11.6. The third-order valence-electron chi connectivity index (χ3n) is 3.09. The summed E-state index contributed by atoms with van der Waals surface area (Å²) in [4.78, 5) is 11.6. The molecule has 0 saturated heterocycles. The highest BCUT2D eigenvalue weighted by atomic mass is 16.3. The molecule has 0 radical (unpaired) electrons. The summed E-state index contributed by atoms with van der Waals surface area (Å²) in [5.41, 5.74) is 2.28. The maximum Gasteiger partial charge on any atom is 0.244 e. The topological polar surface area (TPSA) is 49.3 Å². The van der Waals surface area contributed by atoms with E-state index in [2.05, 4.69) is 31.3 Å². The van der Waals surface area contributed by atoms with Crippen molar-refractivity contribution in [1.82, 2.24) is 5.32 Å². The molecule has 1 aromatic carbocycles. The monoisotopic (exact) mass is 261 g/mol. The van der Waals surface area contributed by atoms with Gasteiger partial charge in [-0.3, -0.25) is 4.79 Å². The van der Waals surface area contributed by atoms with Crippen LogP contribution in [0, 0.1) is 0 Å². The van der Waals surface area contributed by atoms with Crippen LogP contribution >= 0.6 is 0 Å². The summed E-state index contributed by atoms with van der Waals surface area (Å²) in [6, 6.07) is 7.99. The van der Waals surface area contributed by atoms with E-state index in [-0.39, 0.29) is 18.6 Å². The predicted molar refractivity (Wildman–Crippen MR) is 78.9 cm³/mol. The Morgan fingerprint density at radius 1 is 1.32 bits per heavy atom. The molecule has 0 aliphatic heterocycles. The summed E-state index contributed by atoms with van der Waals surface area (Å²) in [7, 11) is 0. The summed E-state index contributed by atoms with van der Waals surface area (Å²) in [5, 5.41) is 11.7. The highest BCUT2D eigenvalue weighted by Crippen LogP contribution is 2.15. The summed E-state index contributed by atoms with van der Waals surface area (Å²) in [6.45, 7) is 6.20. The van der Waals surface area contributed by atoms with E-state index in [9.17, 15) is 4.79 Å². The molecule has 1 atom stereocenters. The molecule has 1 amide bonds. The third kappa shape index (κ3) is 5.26. The first-order chi connectivity index (χ1) is 9.06. The first-order valence-corrected chi connectivity index (χ1v) is 6.76. The van der Waals surface area contributed by atoms with Crippen molar-refractivity contribution in [1.29, 1.82) is 0 Å². The van der Waals surface area contributed by atoms with E-state index in [0.717, 1.165) is 12.0 Å². The zero-order chi connectivity index (χ0) is 14.3. The Hall–Kier alpha value is -1.61. The molecule has 0 saturated carbocycles. The van der Waals surface area contributed by atoms with Crippen molar-refractivity contribution in [2.24, 2.45) is 0 Å². The van der Waals surface area contributed by atoms with Crippen molar-refractivity contribution in [3.05, 3.63) is 41.5 Å². The van der Waals surface area contributed by atoms with Gasteiger partial charge in [0.25, 0.3) is 0 Å². The quantitative estimate of drug-likeness (QED) is 0.774. The number of amides is 1. The lowest BCUT2D eigenvalue weighted by atomic mass is 10.0. The van der Waals surface area contributed by atoms with Crippen LogP contribution < -0.4 is 5.32 Å². The average Bonchev–Trinajstić information content (AvgIpc) is 2.43. The van der Waals surface area contributed by atoms with Gasteiger partial charge in [-0.25, -0.2) is 0 Å². The molecule has 3 heteroatoms. The molecule has 19 heavy (non-hydrogen) atoms. The molecular weight excluding hydrogens is 238 g/mol. The van der Waals surface area contributed by atoms with Gasteiger partial charge in [-0.15, -0.1) is 0 Å². The van der Waals surface area contributed by atoms with Gasteiger partial charge in [-0.2, -0.15) is 0 Å². The lowest BCUT2D eigenvalue weighted by Gasteiger charge is -2.11. The SMILES string of the molecule is CCC(CO)NC(=O)/C=C/c1ccc(C(C)C)cc1. The number of rotatable bonds is 6. The minimum Gasteiger partial charge on any atom is -0.394 e. The number of aliphatic hydroxyl groups is 1. The summed E-state index contributed by atoms with van der Waals surface area (Å²) < 4.78 is 0. The first-order valence-electron chi connectivity index (χ1n) is 6.76. The Labute approximate surface area is 115 Å². The zero-order valence-corrected chi connectivity index (χ0v) is 11.9. The van der Waals surface area contributed by atoms with Crippen LogP contribution in [0.25, 0.3) is 6.08 Å². The fourth-order valence-corrected chi connectivity index (χ4v) is 1.69. The third-order valence-corrected chi connectivity index (χ3v) is 3.09. The van der Waals surface area contributed by atoms with Crippen molar-refractivity contribution in [3.8, 4) is 0 Å². The lowest BCUT2D eigenvalue weighted by molar-refractivity contribution is -0.117. The van der Waals surface area contributed by atoms with Crippen molar-refractivity contribution in [2.45, 2.75) is 39.2 Å². The molecule has 0 aromatic heterocycles. The van der Waals surface area contributed by atoms with Gasteiger partial charge in [0.2, 0.25) is 5.91 Å². The number of hydrogen-bond donors (Lipinski definition) is 2. The first kappa shape index (κ1) is 15.4. The van der Waals surface area contributed by atoms with Crippen molar-refractivity contribution < 1.29 is 9.90 Å². The van der Waals surface area contributed by atoms with Crippen LogP contribution in [0.15, 0.2) is 30.3 Å². The molecular formula is C16H23NO2. The van der Waals surface area contributed by atoms with E-state index >= 15 is 0 Å². The molecule has 1 aromatic rings. The van der Waals surface area contributed by atoms with Crippen LogP contribution in [0.2, 0.25) is 0 Å². The van der Waals surface area contributed by atoms with E-state index < -0.39 is 0 Å². The van der Waals surface area contributed by atoms with Gasteiger partial charge in [0.05, 0.1) is 12.6 Å².